The third-order valence-corrected chi connectivity index (χ3v) is 4.29. The molecule has 0 spiro atoms. The van der Waals surface area contributed by atoms with Gasteiger partial charge >= 0.3 is 0 Å². The predicted octanol–water partition coefficient (Wildman–Crippen LogP) is 2.36. The molecule has 0 saturated heterocycles. The van der Waals surface area contributed by atoms with E-state index in [0.29, 0.717) is 5.92 Å². The summed E-state index contributed by atoms with van der Waals surface area (Å²) in [5.74, 6) is 0.713. The van der Waals surface area contributed by atoms with E-state index in [1.807, 2.05) is 6.08 Å². The first-order valence-electron chi connectivity index (χ1n) is 4.84. The van der Waals surface area contributed by atoms with Crippen LogP contribution in [0.5, 0.6) is 0 Å². The molecule has 1 nitrogen and oxygen atoms in total. The third kappa shape index (κ3) is 0.731. The molecule has 2 rings (SSSR count). The third-order valence-electron chi connectivity index (χ3n) is 4.29. The van der Waals surface area contributed by atoms with Gasteiger partial charge in [-0.2, -0.15) is 0 Å². The molecule has 2 aliphatic carbocycles. The van der Waals surface area contributed by atoms with Crippen LogP contribution in [-0.2, 0) is 0 Å². The van der Waals surface area contributed by atoms with Gasteiger partial charge in [-0.05, 0) is 30.6 Å². The van der Waals surface area contributed by atoms with Crippen LogP contribution in [0.15, 0.2) is 12.7 Å². The van der Waals surface area contributed by atoms with Crippen LogP contribution in [-0.4, -0.2) is 11.2 Å². The molecular formula is C11H18O. The van der Waals surface area contributed by atoms with Crippen molar-refractivity contribution in [2.45, 2.75) is 39.2 Å². The monoisotopic (exact) mass is 166 g/mol. The number of aliphatic hydroxyl groups is 1. The van der Waals surface area contributed by atoms with E-state index >= 15 is 0 Å². The Labute approximate surface area is 74.5 Å². The van der Waals surface area contributed by atoms with E-state index in [1.54, 1.807) is 0 Å². The highest BCUT2D eigenvalue weighted by atomic mass is 16.3. The number of hydrogen-bond acceptors (Lipinski definition) is 1. The molecule has 2 aliphatic rings. The van der Waals surface area contributed by atoms with Gasteiger partial charge in [0.25, 0.3) is 0 Å². The van der Waals surface area contributed by atoms with Crippen molar-refractivity contribution in [1.82, 2.24) is 0 Å². The average Bonchev–Trinajstić information content (AvgIpc) is 2.53. The number of fused-ring (bicyclic) bond motifs is 2. The second-order valence-corrected chi connectivity index (χ2v) is 5.10. The highest BCUT2D eigenvalue weighted by Gasteiger charge is 2.59. The van der Waals surface area contributed by atoms with Crippen LogP contribution in [0.25, 0.3) is 0 Å². The summed E-state index contributed by atoms with van der Waals surface area (Å²) in [6.07, 6.45) is 5.40. The quantitative estimate of drug-likeness (QED) is 0.593. The lowest BCUT2D eigenvalue weighted by Gasteiger charge is -2.39. The molecule has 68 valence electrons. The molecule has 0 heterocycles. The van der Waals surface area contributed by atoms with Gasteiger partial charge < -0.3 is 5.11 Å². The molecule has 2 fully saturated rings. The van der Waals surface area contributed by atoms with Crippen molar-refractivity contribution in [3.63, 3.8) is 0 Å². The lowest BCUT2D eigenvalue weighted by molar-refractivity contribution is -0.0221. The van der Waals surface area contributed by atoms with Gasteiger partial charge in [0.1, 0.15) is 0 Å². The van der Waals surface area contributed by atoms with Gasteiger partial charge in [0.2, 0.25) is 0 Å². The second-order valence-electron chi connectivity index (χ2n) is 5.10. The van der Waals surface area contributed by atoms with E-state index in [-0.39, 0.29) is 16.9 Å². The Kier molecular flexibility index (Phi) is 1.48. The number of rotatable bonds is 1. The summed E-state index contributed by atoms with van der Waals surface area (Å²) in [5.41, 5.74) is 0.181. The van der Waals surface area contributed by atoms with Crippen LogP contribution in [0, 0.1) is 16.7 Å². The van der Waals surface area contributed by atoms with E-state index < -0.39 is 0 Å². The number of hydrogen-bond donors (Lipinski definition) is 1. The summed E-state index contributed by atoms with van der Waals surface area (Å²) in [7, 11) is 0. The molecule has 0 radical (unpaired) electrons. The Morgan fingerprint density at radius 1 is 1.50 bits per heavy atom. The molecule has 12 heavy (non-hydrogen) atoms. The predicted molar refractivity (Wildman–Crippen MR) is 49.8 cm³/mol. The Balaban J connectivity index is 2.37. The van der Waals surface area contributed by atoms with E-state index in [2.05, 4.69) is 20.4 Å². The Morgan fingerprint density at radius 2 is 2.17 bits per heavy atom. The summed E-state index contributed by atoms with van der Waals surface area (Å²) >= 11 is 0. The van der Waals surface area contributed by atoms with Crippen LogP contribution in [0.2, 0.25) is 0 Å². The maximum atomic E-state index is 10.1. The Morgan fingerprint density at radius 3 is 2.50 bits per heavy atom. The minimum atomic E-state index is -0.166. The standard InChI is InChI=1S/C11H18O/c1-4-11-6-5-8(7-11)10(2,3)9(11)12/h4,8-9,12H,1,5-7H2,2-3H3. The fourth-order valence-corrected chi connectivity index (χ4v) is 3.25. The van der Waals surface area contributed by atoms with E-state index in [0.717, 1.165) is 12.8 Å². The lowest BCUT2D eigenvalue weighted by atomic mass is 9.69. The maximum Gasteiger partial charge on any atom is 0.0684 e. The summed E-state index contributed by atoms with van der Waals surface area (Å²) in [6, 6.07) is 0. The van der Waals surface area contributed by atoms with Gasteiger partial charge in [-0.15, -0.1) is 6.58 Å². The lowest BCUT2D eigenvalue weighted by Crippen LogP contribution is -2.40. The first-order valence-corrected chi connectivity index (χ1v) is 4.84. The highest BCUT2D eigenvalue weighted by molar-refractivity contribution is 5.16. The fraction of sp³-hybridized carbons (Fsp3) is 0.818. The van der Waals surface area contributed by atoms with Crippen molar-refractivity contribution in [2.75, 3.05) is 0 Å². The summed E-state index contributed by atoms with van der Waals surface area (Å²) < 4.78 is 0. The summed E-state index contributed by atoms with van der Waals surface area (Å²) in [5, 5.41) is 10.1. The first kappa shape index (κ1) is 8.31. The van der Waals surface area contributed by atoms with Crippen LogP contribution < -0.4 is 0 Å². The molecule has 0 aromatic rings. The topological polar surface area (TPSA) is 20.2 Å². The van der Waals surface area contributed by atoms with E-state index in [4.69, 9.17) is 0 Å². The van der Waals surface area contributed by atoms with Crippen molar-refractivity contribution in [2.24, 2.45) is 16.7 Å². The normalized spacial score (nSPS) is 49.6. The SMILES string of the molecule is C=CC12CCC(C1)C(C)(C)C2O. The minimum Gasteiger partial charge on any atom is -0.392 e. The molecular weight excluding hydrogens is 148 g/mol. The average molecular weight is 166 g/mol. The molecule has 0 amide bonds. The zero-order valence-electron chi connectivity index (χ0n) is 8.01. The fourth-order valence-electron chi connectivity index (χ4n) is 3.25. The van der Waals surface area contributed by atoms with Gasteiger partial charge in [0.05, 0.1) is 6.10 Å². The van der Waals surface area contributed by atoms with Crippen LogP contribution in [0.3, 0.4) is 0 Å². The molecule has 1 heteroatoms. The van der Waals surface area contributed by atoms with Crippen molar-refractivity contribution in [1.29, 1.82) is 0 Å². The van der Waals surface area contributed by atoms with Crippen LogP contribution in [0.4, 0.5) is 0 Å². The minimum absolute atomic E-state index is 0.0637. The Hall–Kier alpha value is -0.300. The van der Waals surface area contributed by atoms with Gasteiger partial charge in [0.15, 0.2) is 0 Å². The number of aliphatic hydroxyl groups excluding tert-OH is 1. The van der Waals surface area contributed by atoms with Gasteiger partial charge in [-0.3, -0.25) is 0 Å². The maximum absolute atomic E-state index is 10.1. The van der Waals surface area contributed by atoms with Crippen LogP contribution >= 0.6 is 0 Å². The van der Waals surface area contributed by atoms with Crippen molar-refractivity contribution in [3.05, 3.63) is 12.7 Å². The zero-order chi connectivity index (χ0) is 8.98. The van der Waals surface area contributed by atoms with Gasteiger partial charge in [0, 0.05) is 5.41 Å². The van der Waals surface area contributed by atoms with Crippen LogP contribution in [0.1, 0.15) is 33.1 Å². The highest BCUT2D eigenvalue weighted by Crippen LogP contribution is 2.62. The van der Waals surface area contributed by atoms with Gasteiger partial charge in [-0.25, -0.2) is 0 Å². The largest absolute Gasteiger partial charge is 0.392 e. The molecule has 2 bridgehead atoms. The summed E-state index contributed by atoms with van der Waals surface area (Å²) in [4.78, 5) is 0. The Bertz CT molecular complexity index is 219. The smallest absolute Gasteiger partial charge is 0.0684 e. The summed E-state index contributed by atoms with van der Waals surface area (Å²) in [6.45, 7) is 8.24. The molecule has 0 aliphatic heterocycles. The molecule has 0 aromatic heterocycles. The molecule has 3 unspecified atom stereocenters. The molecule has 1 N–H and O–H groups in total. The van der Waals surface area contributed by atoms with Crippen molar-refractivity contribution >= 4 is 0 Å². The molecule has 0 aromatic carbocycles. The zero-order valence-corrected chi connectivity index (χ0v) is 8.01. The van der Waals surface area contributed by atoms with Crippen molar-refractivity contribution < 1.29 is 5.11 Å². The molecule has 2 saturated carbocycles. The first-order chi connectivity index (χ1) is 5.53. The van der Waals surface area contributed by atoms with E-state index in [9.17, 15) is 5.11 Å². The van der Waals surface area contributed by atoms with Gasteiger partial charge in [-0.1, -0.05) is 19.9 Å². The second kappa shape index (κ2) is 2.14. The van der Waals surface area contributed by atoms with Crippen molar-refractivity contribution in [3.8, 4) is 0 Å². The molecule has 3 atom stereocenters. The van der Waals surface area contributed by atoms with E-state index in [1.165, 1.54) is 6.42 Å².